The van der Waals surface area contributed by atoms with Gasteiger partial charge in [0.1, 0.15) is 11.2 Å². The summed E-state index contributed by atoms with van der Waals surface area (Å²) in [5.74, 6) is 0. The molecule has 0 saturated carbocycles. The van der Waals surface area contributed by atoms with Crippen molar-refractivity contribution in [2.24, 2.45) is 5.41 Å². The third-order valence-electron chi connectivity index (χ3n) is 8.87. The smallest absolute Gasteiger partial charge is 0.330 e. The van der Waals surface area contributed by atoms with E-state index >= 15 is 0 Å². The maximum Gasteiger partial charge on any atom is 0.330 e. The van der Waals surface area contributed by atoms with Crippen LogP contribution in [0.4, 0.5) is 0 Å². The van der Waals surface area contributed by atoms with Crippen LogP contribution < -0.4 is 5.46 Å². The Labute approximate surface area is 235 Å². The summed E-state index contributed by atoms with van der Waals surface area (Å²) in [5, 5.41) is 9.97. The van der Waals surface area contributed by atoms with Crippen LogP contribution in [0, 0.1) is 5.41 Å². The Bertz CT molecular complexity index is 2040. The lowest BCUT2D eigenvalue weighted by Crippen LogP contribution is -2.42. The molecule has 40 heavy (non-hydrogen) atoms. The van der Waals surface area contributed by atoms with E-state index in [1.54, 1.807) is 0 Å². The number of rotatable bonds is 4. The van der Waals surface area contributed by atoms with Crippen molar-refractivity contribution in [3.63, 3.8) is 0 Å². The van der Waals surface area contributed by atoms with Crippen molar-refractivity contribution in [3.8, 4) is 11.1 Å². The van der Waals surface area contributed by atoms with Gasteiger partial charge in [-0.25, -0.2) is 0 Å². The predicted octanol–water partition coefficient (Wildman–Crippen LogP) is 9.80. The molecule has 1 heterocycles. The lowest BCUT2D eigenvalue weighted by atomic mass is 9.76. The zero-order valence-electron chi connectivity index (χ0n) is 23.7. The van der Waals surface area contributed by atoms with Crippen LogP contribution in [0.3, 0.4) is 0 Å². The van der Waals surface area contributed by atoms with E-state index in [2.05, 4.69) is 138 Å². The van der Waals surface area contributed by atoms with Gasteiger partial charge >= 0.3 is 7.48 Å². The Morgan fingerprint density at radius 3 is 1.65 bits per heavy atom. The molecule has 7 aromatic rings. The molecule has 0 amide bonds. The van der Waals surface area contributed by atoms with Crippen molar-refractivity contribution in [2.75, 3.05) is 0 Å². The largest absolute Gasteiger partial charge is 0.456 e. The van der Waals surface area contributed by atoms with E-state index in [-0.39, 0.29) is 11.0 Å². The normalized spacial score (nSPS) is 12.7. The molecule has 0 aliphatic heterocycles. The monoisotopic (exact) mass is 519 g/mol. The molecule has 3 heteroatoms. The van der Waals surface area contributed by atoms with E-state index in [0.717, 1.165) is 27.4 Å². The molecule has 1 aromatic heterocycles. The Morgan fingerprint density at radius 2 is 1.02 bits per heavy atom. The SMILES string of the molecule is CC(C)(C)C(C)(C)O[B]c1ccc2c(c1)oc1ccc(-c3ccc4c5ccccc5c5ccccc5c4c3)cc12. The molecule has 0 aliphatic carbocycles. The van der Waals surface area contributed by atoms with Gasteiger partial charge in [-0.05, 0) is 92.4 Å². The molecule has 0 saturated heterocycles. The Kier molecular flexibility index (Phi) is 5.59. The first-order valence-electron chi connectivity index (χ1n) is 14.0. The molecule has 7 rings (SSSR count). The highest BCUT2D eigenvalue weighted by Crippen LogP contribution is 2.38. The van der Waals surface area contributed by atoms with Crippen LogP contribution in [0.1, 0.15) is 34.6 Å². The maximum absolute atomic E-state index is 6.28. The van der Waals surface area contributed by atoms with Crippen molar-refractivity contribution < 1.29 is 9.07 Å². The van der Waals surface area contributed by atoms with Crippen LogP contribution in [-0.2, 0) is 4.65 Å². The number of hydrogen-bond acceptors (Lipinski definition) is 2. The molecule has 0 spiro atoms. The molecule has 195 valence electrons. The molecule has 0 fully saturated rings. The fourth-order valence-electron chi connectivity index (χ4n) is 5.53. The van der Waals surface area contributed by atoms with E-state index in [9.17, 15) is 0 Å². The van der Waals surface area contributed by atoms with Gasteiger partial charge in [-0.3, -0.25) is 0 Å². The first-order valence-corrected chi connectivity index (χ1v) is 14.0. The van der Waals surface area contributed by atoms with Gasteiger partial charge < -0.3 is 9.07 Å². The molecular formula is C37H32BO2. The summed E-state index contributed by atoms with van der Waals surface area (Å²) in [5.41, 5.74) is 4.87. The van der Waals surface area contributed by atoms with Gasteiger partial charge in [0.05, 0.1) is 5.60 Å². The maximum atomic E-state index is 6.28. The minimum atomic E-state index is -0.289. The third-order valence-corrected chi connectivity index (χ3v) is 8.87. The zero-order chi connectivity index (χ0) is 27.6. The highest BCUT2D eigenvalue weighted by molar-refractivity contribution is 6.47. The van der Waals surface area contributed by atoms with Gasteiger partial charge in [-0.2, -0.15) is 0 Å². The second kappa shape index (κ2) is 8.97. The van der Waals surface area contributed by atoms with Crippen molar-refractivity contribution in [1.82, 2.24) is 0 Å². The third kappa shape index (κ3) is 4.00. The second-order valence-electron chi connectivity index (χ2n) is 12.4. The van der Waals surface area contributed by atoms with Crippen molar-refractivity contribution >= 4 is 67.2 Å². The highest BCUT2D eigenvalue weighted by Gasteiger charge is 2.33. The fourth-order valence-corrected chi connectivity index (χ4v) is 5.53. The molecule has 0 unspecified atom stereocenters. The fraction of sp³-hybridized carbons (Fsp3) is 0.189. The lowest BCUT2D eigenvalue weighted by molar-refractivity contribution is 0.00504. The number of benzene rings is 6. The van der Waals surface area contributed by atoms with E-state index in [4.69, 9.17) is 9.07 Å². The van der Waals surface area contributed by atoms with Gasteiger partial charge in [0.25, 0.3) is 0 Å². The Morgan fingerprint density at radius 1 is 0.500 bits per heavy atom. The van der Waals surface area contributed by atoms with E-state index in [1.807, 2.05) is 7.48 Å². The van der Waals surface area contributed by atoms with Crippen molar-refractivity contribution in [2.45, 2.75) is 40.2 Å². The first kappa shape index (κ1) is 24.9. The molecule has 2 nitrogen and oxygen atoms in total. The predicted molar refractivity (Wildman–Crippen MR) is 172 cm³/mol. The van der Waals surface area contributed by atoms with E-state index < -0.39 is 0 Å². The molecular weight excluding hydrogens is 487 g/mol. The van der Waals surface area contributed by atoms with E-state index in [0.29, 0.717) is 0 Å². The number of furan rings is 1. The molecule has 0 aliphatic rings. The van der Waals surface area contributed by atoms with Gasteiger partial charge in [0, 0.05) is 10.8 Å². The molecule has 0 N–H and O–H groups in total. The average Bonchev–Trinajstić information content (AvgIpc) is 3.32. The Balaban J connectivity index is 1.30. The van der Waals surface area contributed by atoms with Gasteiger partial charge in [-0.1, -0.05) is 99.6 Å². The van der Waals surface area contributed by atoms with Crippen LogP contribution in [0.5, 0.6) is 0 Å². The average molecular weight is 519 g/mol. The summed E-state index contributed by atoms with van der Waals surface area (Å²) in [6.45, 7) is 10.8. The summed E-state index contributed by atoms with van der Waals surface area (Å²) in [4.78, 5) is 0. The van der Waals surface area contributed by atoms with Crippen LogP contribution in [0.25, 0.3) is 65.4 Å². The summed E-state index contributed by atoms with van der Waals surface area (Å²) in [7, 11) is 1.85. The van der Waals surface area contributed by atoms with Crippen LogP contribution >= 0.6 is 0 Å². The van der Waals surface area contributed by atoms with Gasteiger partial charge in [-0.15, -0.1) is 0 Å². The topological polar surface area (TPSA) is 22.4 Å². The lowest BCUT2D eigenvalue weighted by Gasteiger charge is -2.39. The molecule has 0 atom stereocenters. The summed E-state index contributed by atoms with van der Waals surface area (Å²) >= 11 is 0. The van der Waals surface area contributed by atoms with Crippen LogP contribution in [-0.4, -0.2) is 13.1 Å². The highest BCUT2D eigenvalue weighted by atomic mass is 16.5. The zero-order valence-corrected chi connectivity index (χ0v) is 23.7. The van der Waals surface area contributed by atoms with Gasteiger partial charge in [0.15, 0.2) is 0 Å². The minimum Gasteiger partial charge on any atom is -0.456 e. The number of hydrogen-bond donors (Lipinski definition) is 0. The first-order chi connectivity index (χ1) is 19.2. The minimum absolute atomic E-state index is 0.0194. The molecule has 6 aromatic carbocycles. The standard InChI is InChI=1S/C37H32BO2/c1-36(2,3)37(4,5)40-38-25-16-18-31-33-21-24(15-19-34(33)39-35(31)22-25)23-14-17-30-28-12-7-6-10-26(28)27-11-8-9-13-29(27)32(30)20-23/h6-22H,1-5H3. The second-order valence-corrected chi connectivity index (χ2v) is 12.4. The van der Waals surface area contributed by atoms with Crippen molar-refractivity contribution in [1.29, 1.82) is 0 Å². The van der Waals surface area contributed by atoms with Crippen LogP contribution in [0.2, 0.25) is 0 Å². The Hall–Kier alpha value is -4.08. The van der Waals surface area contributed by atoms with Gasteiger partial charge in [0.2, 0.25) is 0 Å². The van der Waals surface area contributed by atoms with Crippen molar-refractivity contribution in [3.05, 3.63) is 103 Å². The summed E-state index contributed by atoms with van der Waals surface area (Å²) in [6.07, 6.45) is 0. The quantitative estimate of drug-likeness (QED) is 0.171. The van der Waals surface area contributed by atoms with E-state index in [1.165, 1.54) is 43.4 Å². The summed E-state index contributed by atoms with van der Waals surface area (Å²) in [6, 6.07) is 37.1. The summed E-state index contributed by atoms with van der Waals surface area (Å²) < 4.78 is 12.5. The molecule has 1 radical (unpaired) electrons. The number of fused-ring (bicyclic) bond motifs is 9. The van der Waals surface area contributed by atoms with Crippen LogP contribution in [0.15, 0.2) is 108 Å². The molecule has 0 bridgehead atoms.